The van der Waals surface area contributed by atoms with E-state index in [0.717, 1.165) is 11.5 Å². The first-order valence-electron chi connectivity index (χ1n) is 5.68. The monoisotopic (exact) mass is 293 g/mol. The molecule has 0 spiro atoms. The van der Waals surface area contributed by atoms with Crippen molar-refractivity contribution in [2.45, 2.75) is 5.92 Å². The average Bonchev–Trinajstić information content (AvgIpc) is 2.82. The molecule has 0 saturated heterocycles. The summed E-state index contributed by atoms with van der Waals surface area (Å²) in [5.74, 6) is -3.92. The predicted octanol–water partition coefficient (Wildman–Crippen LogP) is 0.571. The van der Waals surface area contributed by atoms with Gasteiger partial charge >= 0.3 is 5.92 Å². The second-order valence-electron chi connectivity index (χ2n) is 4.27. The van der Waals surface area contributed by atoms with Crippen molar-refractivity contribution in [3.8, 4) is 0 Å². The van der Waals surface area contributed by atoms with Gasteiger partial charge in [-0.1, -0.05) is 23.1 Å². The number of nitrogens with zero attached hydrogens (tertiary/aromatic N) is 5. The van der Waals surface area contributed by atoms with Crippen LogP contribution in [0, 0.1) is 0 Å². The molecule has 0 aliphatic rings. The van der Waals surface area contributed by atoms with Crippen molar-refractivity contribution in [2.75, 3.05) is 0 Å². The number of pyridine rings is 1. The van der Waals surface area contributed by atoms with Crippen molar-refractivity contribution in [1.29, 1.82) is 0 Å². The van der Waals surface area contributed by atoms with Crippen molar-refractivity contribution in [3.63, 3.8) is 0 Å². The molecule has 0 fully saturated rings. The zero-order valence-corrected chi connectivity index (χ0v) is 11.0. The highest BCUT2D eigenvalue weighted by molar-refractivity contribution is 6.32. The Kier molecular flexibility index (Phi) is 2.90. The minimum absolute atomic E-state index is 0.0477. The summed E-state index contributed by atoms with van der Waals surface area (Å²) in [4.78, 5) is 0. The molecular formula is C11H7BClF2N5. The fourth-order valence-electron chi connectivity index (χ4n) is 1.81. The first-order valence-corrected chi connectivity index (χ1v) is 6.05. The molecule has 0 aromatic carbocycles. The Morgan fingerprint density at radius 1 is 1.05 bits per heavy atom. The highest BCUT2D eigenvalue weighted by Gasteiger charge is 2.41. The number of rotatable bonds is 2. The van der Waals surface area contributed by atoms with E-state index >= 15 is 0 Å². The lowest BCUT2D eigenvalue weighted by Crippen LogP contribution is -2.22. The van der Waals surface area contributed by atoms with E-state index in [9.17, 15) is 8.78 Å². The summed E-state index contributed by atoms with van der Waals surface area (Å²) >= 11 is 5.55. The van der Waals surface area contributed by atoms with E-state index in [1.54, 1.807) is 26.2 Å². The molecule has 0 N–H and O–H groups in total. The third-order valence-electron chi connectivity index (χ3n) is 2.78. The van der Waals surface area contributed by atoms with Gasteiger partial charge in [-0.05, 0) is 18.2 Å². The summed E-state index contributed by atoms with van der Waals surface area (Å²) < 4.78 is 30.1. The molecule has 3 rings (SSSR count). The number of hydrogen-bond donors (Lipinski definition) is 0. The van der Waals surface area contributed by atoms with Crippen LogP contribution in [-0.2, 0) is 5.92 Å². The van der Waals surface area contributed by atoms with Gasteiger partial charge in [0.05, 0.1) is 0 Å². The molecule has 0 bridgehead atoms. The van der Waals surface area contributed by atoms with Gasteiger partial charge in [0.15, 0.2) is 10.8 Å². The smallest absolute Gasteiger partial charge is 0.282 e. The maximum absolute atomic E-state index is 14.4. The summed E-state index contributed by atoms with van der Waals surface area (Å²) in [6.07, 6.45) is 1.54. The van der Waals surface area contributed by atoms with Crippen molar-refractivity contribution in [2.24, 2.45) is 0 Å². The first-order chi connectivity index (χ1) is 9.48. The highest BCUT2D eigenvalue weighted by Crippen LogP contribution is 2.32. The standard InChI is InChI=1S/C11H7BClF2N5/c12-6-1-4-9-18-19-10(20(9)5-6)11(14,15)7-2-3-8(13)17-16-7/h1-5H,12H2. The zero-order chi connectivity index (χ0) is 14.3. The van der Waals surface area contributed by atoms with Crippen molar-refractivity contribution in [3.05, 3.63) is 47.1 Å². The normalized spacial score (nSPS) is 11.9. The summed E-state index contributed by atoms with van der Waals surface area (Å²) in [5.41, 5.74) is 0.626. The van der Waals surface area contributed by atoms with Crippen LogP contribution >= 0.6 is 11.6 Å². The van der Waals surface area contributed by atoms with E-state index in [0.29, 0.717) is 5.65 Å². The topological polar surface area (TPSA) is 56.0 Å². The maximum Gasteiger partial charge on any atom is 0.350 e. The molecule has 0 unspecified atom stereocenters. The van der Waals surface area contributed by atoms with Gasteiger partial charge in [0.25, 0.3) is 0 Å². The molecule has 20 heavy (non-hydrogen) atoms. The fraction of sp³-hybridized carbons (Fsp3) is 0.0909. The Balaban J connectivity index is 2.17. The molecule has 100 valence electrons. The van der Waals surface area contributed by atoms with E-state index in [-0.39, 0.29) is 5.15 Å². The number of halogens is 3. The zero-order valence-electron chi connectivity index (χ0n) is 10.3. The molecule has 9 heteroatoms. The van der Waals surface area contributed by atoms with E-state index < -0.39 is 17.4 Å². The lowest BCUT2D eigenvalue weighted by Gasteiger charge is -2.13. The molecule has 0 aliphatic heterocycles. The van der Waals surface area contributed by atoms with Crippen LogP contribution in [0.4, 0.5) is 8.78 Å². The second-order valence-corrected chi connectivity index (χ2v) is 4.66. The molecule has 5 nitrogen and oxygen atoms in total. The van der Waals surface area contributed by atoms with Crippen LogP contribution in [-0.4, -0.2) is 32.6 Å². The minimum atomic E-state index is -3.41. The quantitative estimate of drug-likeness (QED) is 0.648. The van der Waals surface area contributed by atoms with Gasteiger partial charge in [0, 0.05) is 6.20 Å². The lowest BCUT2D eigenvalue weighted by molar-refractivity contribution is 0.0261. The lowest BCUT2D eigenvalue weighted by atomic mass is 9.99. The van der Waals surface area contributed by atoms with Gasteiger partial charge in [-0.15, -0.1) is 20.4 Å². The van der Waals surface area contributed by atoms with Gasteiger partial charge in [0.2, 0.25) is 5.82 Å². The van der Waals surface area contributed by atoms with Crippen LogP contribution in [0.1, 0.15) is 11.5 Å². The predicted molar refractivity (Wildman–Crippen MR) is 71.2 cm³/mol. The number of aromatic nitrogens is 5. The second kappa shape index (κ2) is 4.48. The molecule has 3 heterocycles. The molecule has 0 aliphatic carbocycles. The molecule has 0 saturated carbocycles. The van der Waals surface area contributed by atoms with Gasteiger partial charge in [0.1, 0.15) is 13.5 Å². The van der Waals surface area contributed by atoms with E-state index in [2.05, 4.69) is 20.4 Å². The van der Waals surface area contributed by atoms with Crippen molar-refractivity contribution < 1.29 is 8.78 Å². The molecule has 3 aromatic heterocycles. The summed E-state index contributed by atoms with van der Waals surface area (Å²) in [7, 11) is 1.80. The fourth-order valence-corrected chi connectivity index (χ4v) is 1.91. The Morgan fingerprint density at radius 2 is 1.85 bits per heavy atom. The van der Waals surface area contributed by atoms with Crippen LogP contribution in [0.25, 0.3) is 5.65 Å². The van der Waals surface area contributed by atoms with Gasteiger partial charge in [-0.3, -0.25) is 4.40 Å². The first kappa shape index (κ1) is 12.9. The number of fused-ring (bicyclic) bond motifs is 1. The van der Waals surface area contributed by atoms with Gasteiger partial charge < -0.3 is 0 Å². The molecular weight excluding hydrogens is 286 g/mol. The largest absolute Gasteiger partial charge is 0.350 e. The van der Waals surface area contributed by atoms with E-state index in [1.807, 2.05) is 0 Å². The Bertz CT molecular complexity index is 774. The summed E-state index contributed by atoms with van der Waals surface area (Å²) in [5, 5.41) is 14.2. The Hall–Kier alpha value is -2.09. The van der Waals surface area contributed by atoms with Gasteiger partial charge in [-0.2, -0.15) is 8.78 Å². The van der Waals surface area contributed by atoms with Crippen LogP contribution in [0.2, 0.25) is 5.15 Å². The maximum atomic E-state index is 14.4. The Morgan fingerprint density at radius 3 is 2.55 bits per heavy atom. The van der Waals surface area contributed by atoms with Crippen LogP contribution in [0.5, 0.6) is 0 Å². The SMILES string of the molecule is Bc1ccc2nnc(C(F)(F)c3ccc(Cl)nn3)n2c1. The van der Waals surface area contributed by atoms with Crippen LogP contribution in [0.3, 0.4) is 0 Å². The number of alkyl halides is 2. The third-order valence-corrected chi connectivity index (χ3v) is 2.99. The summed E-state index contributed by atoms with van der Waals surface area (Å²) in [6.45, 7) is 0. The van der Waals surface area contributed by atoms with E-state index in [4.69, 9.17) is 11.6 Å². The molecule has 0 atom stereocenters. The van der Waals surface area contributed by atoms with Crippen molar-refractivity contribution >= 4 is 30.6 Å². The van der Waals surface area contributed by atoms with Crippen molar-refractivity contribution in [1.82, 2.24) is 24.8 Å². The Labute approximate surface area is 118 Å². The third kappa shape index (κ3) is 2.02. The number of hydrogen-bond acceptors (Lipinski definition) is 4. The summed E-state index contributed by atoms with van der Waals surface area (Å²) in [6, 6.07) is 5.77. The molecule has 0 radical (unpaired) electrons. The van der Waals surface area contributed by atoms with E-state index in [1.165, 1.54) is 10.5 Å². The van der Waals surface area contributed by atoms with Gasteiger partial charge in [-0.25, -0.2) is 0 Å². The molecule has 3 aromatic rings. The average molecular weight is 293 g/mol. The molecule has 0 amide bonds. The highest BCUT2D eigenvalue weighted by atomic mass is 35.5. The van der Waals surface area contributed by atoms with Crippen LogP contribution in [0.15, 0.2) is 30.5 Å². The minimum Gasteiger partial charge on any atom is -0.282 e. The van der Waals surface area contributed by atoms with Crippen LogP contribution < -0.4 is 5.46 Å².